The Morgan fingerprint density at radius 2 is 1.03 bits per heavy atom. The Kier molecular flexibility index (Phi) is 6.63. The molecule has 2 heterocycles. The molecule has 6 heteroatoms. The van der Waals surface area contributed by atoms with E-state index in [0.29, 0.717) is 37.3 Å². The van der Waals surface area contributed by atoms with Crippen molar-refractivity contribution in [3.8, 4) is 11.5 Å². The lowest BCUT2D eigenvalue weighted by Gasteiger charge is -2.30. The Hall–Kier alpha value is -3.02. The number of nitrogens with zero attached hydrogens (tertiary/aromatic N) is 2. The molecule has 0 aliphatic carbocycles. The number of hydrogen-bond acceptors (Lipinski definition) is 4. The van der Waals surface area contributed by atoms with E-state index in [1.807, 2.05) is 35.8 Å². The Morgan fingerprint density at radius 3 is 1.39 bits per heavy atom. The summed E-state index contributed by atoms with van der Waals surface area (Å²) in [6.07, 6.45) is 6.19. The molecule has 2 fully saturated rings. The molecule has 2 aliphatic heterocycles. The average molecular weight is 451 g/mol. The predicted molar refractivity (Wildman–Crippen MR) is 128 cm³/mol. The van der Waals surface area contributed by atoms with Gasteiger partial charge in [-0.1, -0.05) is 26.0 Å². The van der Waals surface area contributed by atoms with Crippen molar-refractivity contribution >= 4 is 11.8 Å². The normalized spacial score (nSPS) is 17.2. The number of hydrogen-bond donors (Lipinski definition) is 2. The summed E-state index contributed by atoms with van der Waals surface area (Å²) in [5.74, 6) is -0.318. The molecule has 2 N–H and O–H groups in total. The Bertz CT molecular complexity index is 953. The van der Waals surface area contributed by atoms with Gasteiger partial charge in [0, 0.05) is 31.6 Å². The first-order chi connectivity index (χ1) is 15.8. The van der Waals surface area contributed by atoms with Gasteiger partial charge in [-0.3, -0.25) is 9.59 Å². The Labute approximate surface area is 195 Å². The smallest absolute Gasteiger partial charge is 0.257 e. The van der Waals surface area contributed by atoms with Crippen LogP contribution < -0.4 is 0 Å². The van der Waals surface area contributed by atoms with Crippen LogP contribution in [0.3, 0.4) is 0 Å². The lowest BCUT2D eigenvalue weighted by atomic mass is 9.77. The van der Waals surface area contributed by atoms with Crippen LogP contribution in [0.25, 0.3) is 0 Å². The van der Waals surface area contributed by atoms with E-state index in [1.165, 1.54) is 0 Å². The zero-order valence-electron chi connectivity index (χ0n) is 19.6. The maximum absolute atomic E-state index is 13.1. The van der Waals surface area contributed by atoms with Crippen molar-refractivity contribution in [1.29, 1.82) is 0 Å². The number of benzene rings is 2. The highest BCUT2D eigenvalue weighted by Gasteiger charge is 2.29. The molecule has 0 atom stereocenters. The number of phenolic OH excluding ortho intramolecular Hbond substituents is 2. The minimum atomic E-state index is -0.546. The van der Waals surface area contributed by atoms with Crippen LogP contribution in [-0.2, 0) is 5.41 Å². The highest BCUT2D eigenvalue weighted by molar-refractivity contribution is 5.98. The van der Waals surface area contributed by atoms with Crippen molar-refractivity contribution < 1.29 is 19.8 Å². The molecule has 2 amide bonds. The number of piperidine rings is 2. The first-order valence-electron chi connectivity index (χ1n) is 12.0. The fourth-order valence-electron chi connectivity index (χ4n) is 4.89. The summed E-state index contributed by atoms with van der Waals surface area (Å²) in [5.41, 5.74) is 1.80. The quantitative estimate of drug-likeness (QED) is 0.709. The van der Waals surface area contributed by atoms with Crippen molar-refractivity contribution in [2.24, 2.45) is 0 Å². The van der Waals surface area contributed by atoms with E-state index in [9.17, 15) is 19.8 Å². The molecule has 0 unspecified atom stereocenters. The second-order valence-corrected chi connectivity index (χ2v) is 9.79. The van der Waals surface area contributed by atoms with Crippen LogP contribution >= 0.6 is 0 Å². The van der Waals surface area contributed by atoms with E-state index < -0.39 is 5.41 Å². The first kappa shape index (κ1) is 23.1. The van der Waals surface area contributed by atoms with Gasteiger partial charge in [-0.2, -0.15) is 0 Å². The zero-order valence-corrected chi connectivity index (χ0v) is 19.6. The molecule has 2 aliphatic rings. The Balaban J connectivity index is 1.65. The van der Waals surface area contributed by atoms with E-state index in [-0.39, 0.29) is 23.3 Å². The van der Waals surface area contributed by atoms with E-state index in [1.54, 1.807) is 24.3 Å². The fraction of sp³-hybridized carbons (Fsp3) is 0.481. The van der Waals surface area contributed by atoms with Gasteiger partial charge in [-0.05, 0) is 73.9 Å². The highest BCUT2D eigenvalue weighted by Crippen LogP contribution is 2.36. The monoisotopic (exact) mass is 450 g/mol. The summed E-state index contributed by atoms with van der Waals surface area (Å²) in [6, 6.07) is 10.3. The van der Waals surface area contributed by atoms with Gasteiger partial charge in [0.25, 0.3) is 11.8 Å². The molecule has 0 spiro atoms. The van der Waals surface area contributed by atoms with Crippen molar-refractivity contribution in [3.63, 3.8) is 0 Å². The summed E-state index contributed by atoms with van der Waals surface area (Å²) >= 11 is 0. The number of phenols is 2. The van der Waals surface area contributed by atoms with Crippen molar-refractivity contribution in [3.05, 3.63) is 58.7 Å². The van der Waals surface area contributed by atoms with Crippen LogP contribution in [0.2, 0.25) is 0 Å². The summed E-state index contributed by atoms with van der Waals surface area (Å²) in [6.45, 7) is 6.90. The number of aromatic hydroxyl groups is 2. The van der Waals surface area contributed by atoms with Gasteiger partial charge in [0.2, 0.25) is 0 Å². The molecule has 2 aromatic rings. The van der Waals surface area contributed by atoms with E-state index in [4.69, 9.17) is 0 Å². The SMILES string of the molecule is CC(C)(c1ccc(O)c(C(=O)N2CCCCC2)c1)c1ccc(O)c(C(=O)N2CCCCC2)c1. The Morgan fingerprint density at radius 1 is 0.667 bits per heavy atom. The number of rotatable bonds is 4. The van der Waals surface area contributed by atoms with Crippen molar-refractivity contribution in [2.45, 2.75) is 57.8 Å². The largest absolute Gasteiger partial charge is 0.507 e. The molecule has 4 rings (SSSR count). The van der Waals surface area contributed by atoms with Gasteiger partial charge in [0.1, 0.15) is 11.5 Å². The van der Waals surface area contributed by atoms with Gasteiger partial charge in [-0.25, -0.2) is 0 Å². The minimum absolute atomic E-state index is 0.0169. The minimum Gasteiger partial charge on any atom is -0.507 e. The van der Waals surface area contributed by atoms with Gasteiger partial charge >= 0.3 is 0 Å². The number of carbonyl (C=O) groups is 2. The summed E-state index contributed by atoms with van der Waals surface area (Å²) in [4.78, 5) is 29.8. The van der Waals surface area contributed by atoms with Crippen molar-refractivity contribution in [2.75, 3.05) is 26.2 Å². The van der Waals surface area contributed by atoms with E-state index >= 15 is 0 Å². The number of amides is 2. The van der Waals surface area contributed by atoms with Crippen LogP contribution in [0, 0.1) is 0 Å². The van der Waals surface area contributed by atoms with Crippen LogP contribution in [-0.4, -0.2) is 58.0 Å². The van der Waals surface area contributed by atoms with Gasteiger partial charge in [0.05, 0.1) is 11.1 Å². The third kappa shape index (κ3) is 4.70. The second kappa shape index (κ2) is 9.46. The maximum atomic E-state index is 13.1. The van der Waals surface area contributed by atoms with E-state index in [2.05, 4.69) is 0 Å². The molecule has 2 aromatic carbocycles. The standard InChI is InChI=1S/C27H34N2O4/c1-27(2,19-9-11-23(30)21(17-19)25(32)28-13-5-3-6-14-28)20-10-12-24(31)22(18-20)26(33)29-15-7-4-8-16-29/h9-12,17-18,30-31H,3-8,13-16H2,1-2H3. The third-order valence-corrected chi connectivity index (χ3v) is 7.18. The average Bonchev–Trinajstić information content (AvgIpc) is 2.84. The fourth-order valence-corrected chi connectivity index (χ4v) is 4.89. The first-order valence-corrected chi connectivity index (χ1v) is 12.0. The lowest BCUT2D eigenvalue weighted by Crippen LogP contribution is -2.36. The zero-order chi connectivity index (χ0) is 23.6. The van der Waals surface area contributed by atoms with Crippen LogP contribution in [0.15, 0.2) is 36.4 Å². The summed E-state index contributed by atoms with van der Waals surface area (Å²) in [7, 11) is 0. The van der Waals surface area contributed by atoms with Gasteiger partial charge in [-0.15, -0.1) is 0 Å². The van der Waals surface area contributed by atoms with Gasteiger partial charge in [0.15, 0.2) is 0 Å². The second-order valence-electron chi connectivity index (χ2n) is 9.79. The molecule has 176 valence electrons. The van der Waals surface area contributed by atoms with Crippen LogP contribution in [0.4, 0.5) is 0 Å². The van der Waals surface area contributed by atoms with Crippen LogP contribution in [0.1, 0.15) is 84.2 Å². The molecular formula is C27H34N2O4. The molecule has 6 nitrogen and oxygen atoms in total. The van der Waals surface area contributed by atoms with E-state index in [0.717, 1.165) is 49.7 Å². The summed E-state index contributed by atoms with van der Waals surface area (Å²) < 4.78 is 0. The number of likely N-dealkylation sites (tertiary alicyclic amines) is 2. The molecule has 0 bridgehead atoms. The molecule has 0 radical (unpaired) electrons. The van der Waals surface area contributed by atoms with Gasteiger partial charge < -0.3 is 20.0 Å². The predicted octanol–water partition coefficient (Wildman–Crippen LogP) is 4.68. The highest BCUT2D eigenvalue weighted by atomic mass is 16.3. The van der Waals surface area contributed by atoms with Crippen LogP contribution in [0.5, 0.6) is 11.5 Å². The molecule has 33 heavy (non-hydrogen) atoms. The maximum Gasteiger partial charge on any atom is 0.257 e. The topological polar surface area (TPSA) is 81.1 Å². The van der Waals surface area contributed by atoms with Crippen molar-refractivity contribution in [1.82, 2.24) is 9.80 Å². The molecule has 0 saturated carbocycles. The molecule has 2 saturated heterocycles. The lowest BCUT2D eigenvalue weighted by molar-refractivity contribution is 0.0713. The molecular weight excluding hydrogens is 416 g/mol. The summed E-state index contributed by atoms with van der Waals surface area (Å²) in [5, 5.41) is 20.9. The third-order valence-electron chi connectivity index (χ3n) is 7.18. The number of carbonyl (C=O) groups excluding carboxylic acids is 2. The molecule has 0 aromatic heterocycles.